The van der Waals surface area contributed by atoms with Crippen molar-refractivity contribution in [1.82, 2.24) is 0 Å². The summed E-state index contributed by atoms with van der Waals surface area (Å²) in [5.41, 5.74) is 3.36. The summed E-state index contributed by atoms with van der Waals surface area (Å²) in [6, 6.07) is 6.22. The van der Waals surface area contributed by atoms with Gasteiger partial charge in [-0.15, -0.1) is 0 Å². The molecular weight excluding hydrogens is 259 g/mol. The lowest BCUT2D eigenvalue weighted by molar-refractivity contribution is -0.129. The van der Waals surface area contributed by atoms with Crippen LogP contribution in [0.3, 0.4) is 0 Å². The van der Waals surface area contributed by atoms with Gasteiger partial charge < -0.3 is 15.8 Å². The van der Waals surface area contributed by atoms with Crippen LogP contribution in [0.2, 0.25) is 0 Å². The molecule has 0 bridgehead atoms. The average Bonchev–Trinajstić information content (AvgIpc) is 2.47. The minimum absolute atomic E-state index is 0.251. The van der Waals surface area contributed by atoms with Crippen molar-refractivity contribution in [2.75, 3.05) is 5.32 Å². The summed E-state index contributed by atoms with van der Waals surface area (Å²) < 4.78 is 19.8. The van der Waals surface area contributed by atoms with Crippen LogP contribution >= 0.6 is 0 Å². The lowest BCUT2D eigenvalue weighted by atomic mass is 9.78. The molecule has 1 aliphatic rings. The number of halogens is 1. The van der Waals surface area contributed by atoms with Crippen molar-refractivity contribution in [2.24, 2.45) is 5.73 Å². The van der Waals surface area contributed by atoms with Gasteiger partial charge in [-0.2, -0.15) is 0 Å². The van der Waals surface area contributed by atoms with Crippen LogP contribution in [0, 0.1) is 5.82 Å². The number of carbonyl (C=O) groups excluding carboxylic acids is 1. The van der Waals surface area contributed by atoms with Gasteiger partial charge in [-0.05, 0) is 39.8 Å². The summed E-state index contributed by atoms with van der Waals surface area (Å²) in [5, 5.41) is 2.99. The molecule has 1 aliphatic heterocycles. The zero-order valence-corrected chi connectivity index (χ0v) is 12.3. The maximum Gasteiger partial charge on any atom is 0.246 e. The second kappa shape index (κ2) is 4.45. The second-order valence-electron chi connectivity index (χ2n) is 6.42. The monoisotopic (exact) mass is 280 g/mol. The highest BCUT2D eigenvalue weighted by Gasteiger charge is 2.61. The molecule has 0 aromatic heterocycles. The van der Waals surface area contributed by atoms with Gasteiger partial charge in [0, 0.05) is 6.42 Å². The van der Waals surface area contributed by atoms with Crippen molar-refractivity contribution in [3.63, 3.8) is 0 Å². The van der Waals surface area contributed by atoms with E-state index >= 15 is 0 Å². The SMILES string of the molecule is CC1(C)CC(Nc2ccccc2F)(C(N)=O)C(C)(C)O1. The van der Waals surface area contributed by atoms with Gasteiger partial charge in [0.15, 0.2) is 0 Å². The van der Waals surface area contributed by atoms with Crippen LogP contribution in [-0.2, 0) is 9.53 Å². The number of carbonyl (C=O) groups is 1. The molecule has 5 heteroatoms. The standard InChI is InChI=1S/C15H21FN2O2/c1-13(2)9-15(12(17)19,14(3,4)20-13)18-11-8-6-5-7-10(11)16/h5-8,18H,9H2,1-4H3,(H2,17,19). The summed E-state index contributed by atoms with van der Waals surface area (Å²) in [5.74, 6) is -0.968. The van der Waals surface area contributed by atoms with Crippen molar-refractivity contribution in [2.45, 2.75) is 50.9 Å². The Bertz CT molecular complexity index is 542. The van der Waals surface area contributed by atoms with Crippen LogP contribution in [0.25, 0.3) is 0 Å². The number of benzene rings is 1. The Hall–Kier alpha value is -1.62. The summed E-state index contributed by atoms with van der Waals surface area (Å²) in [7, 11) is 0. The van der Waals surface area contributed by atoms with E-state index in [4.69, 9.17) is 10.5 Å². The zero-order valence-electron chi connectivity index (χ0n) is 12.3. The lowest BCUT2D eigenvalue weighted by Gasteiger charge is -2.38. The molecule has 1 amide bonds. The maximum atomic E-state index is 13.9. The Morgan fingerprint density at radius 1 is 1.30 bits per heavy atom. The van der Waals surface area contributed by atoms with Gasteiger partial charge in [0.2, 0.25) is 5.91 Å². The highest BCUT2D eigenvalue weighted by Crippen LogP contribution is 2.46. The Labute approximate surface area is 118 Å². The number of hydrogen-bond acceptors (Lipinski definition) is 3. The number of primary amides is 1. The van der Waals surface area contributed by atoms with Crippen LogP contribution in [0.4, 0.5) is 10.1 Å². The minimum Gasteiger partial charge on any atom is -0.368 e. The molecule has 0 aliphatic carbocycles. The molecule has 0 spiro atoms. The smallest absolute Gasteiger partial charge is 0.246 e. The molecule has 4 nitrogen and oxygen atoms in total. The third-order valence-electron chi connectivity index (χ3n) is 3.89. The Morgan fingerprint density at radius 2 is 1.90 bits per heavy atom. The summed E-state index contributed by atoms with van der Waals surface area (Å²) >= 11 is 0. The van der Waals surface area contributed by atoms with Crippen molar-refractivity contribution in [3.05, 3.63) is 30.1 Å². The molecule has 1 heterocycles. The third-order valence-corrected chi connectivity index (χ3v) is 3.89. The molecule has 1 saturated heterocycles. The molecule has 1 unspecified atom stereocenters. The number of amides is 1. The fraction of sp³-hybridized carbons (Fsp3) is 0.533. The Kier molecular flexibility index (Phi) is 3.29. The first-order chi connectivity index (χ1) is 9.10. The fourth-order valence-corrected chi connectivity index (χ4v) is 3.10. The van der Waals surface area contributed by atoms with E-state index in [1.54, 1.807) is 32.0 Å². The number of ether oxygens (including phenoxy) is 1. The average molecular weight is 280 g/mol. The van der Waals surface area contributed by atoms with E-state index in [1.165, 1.54) is 6.07 Å². The van der Waals surface area contributed by atoms with Crippen LogP contribution in [0.1, 0.15) is 34.1 Å². The molecule has 1 fully saturated rings. The van der Waals surface area contributed by atoms with Crippen molar-refractivity contribution >= 4 is 11.6 Å². The minimum atomic E-state index is -1.15. The predicted molar refractivity (Wildman–Crippen MR) is 75.8 cm³/mol. The highest BCUT2D eigenvalue weighted by molar-refractivity contribution is 5.90. The normalized spacial score (nSPS) is 27.2. The second-order valence-corrected chi connectivity index (χ2v) is 6.42. The number of rotatable bonds is 3. The number of para-hydroxylation sites is 1. The van der Waals surface area contributed by atoms with E-state index in [1.807, 2.05) is 13.8 Å². The van der Waals surface area contributed by atoms with E-state index < -0.39 is 28.5 Å². The number of anilines is 1. The van der Waals surface area contributed by atoms with E-state index in [0.29, 0.717) is 6.42 Å². The molecule has 110 valence electrons. The first-order valence-corrected chi connectivity index (χ1v) is 6.62. The fourth-order valence-electron chi connectivity index (χ4n) is 3.10. The third kappa shape index (κ3) is 2.26. The largest absolute Gasteiger partial charge is 0.368 e. The van der Waals surface area contributed by atoms with Gasteiger partial charge in [-0.3, -0.25) is 4.79 Å². The molecule has 1 aromatic rings. The first-order valence-electron chi connectivity index (χ1n) is 6.62. The van der Waals surface area contributed by atoms with Gasteiger partial charge >= 0.3 is 0 Å². The van der Waals surface area contributed by atoms with Crippen molar-refractivity contribution < 1.29 is 13.9 Å². The summed E-state index contributed by atoms with van der Waals surface area (Å²) in [6.45, 7) is 7.37. The van der Waals surface area contributed by atoms with E-state index in [2.05, 4.69) is 5.32 Å². The van der Waals surface area contributed by atoms with Crippen LogP contribution in [0.15, 0.2) is 24.3 Å². The van der Waals surface area contributed by atoms with Gasteiger partial charge in [0.1, 0.15) is 11.4 Å². The molecule has 0 radical (unpaired) electrons. The highest BCUT2D eigenvalue weighted by atomic mass is 19.1. The van der Waals surface area contributed by atoms with E-state index in [-0.39, 0.29) is 5.69 Å². The van der Waals surface area contributed by atoms with Crippen molar-refractivity contribution in [3.8, 4) is 0 Å². The molecule has 1 atom stereocenters. The van der Waals surface area contributed by atoms with E-state index in [9.17, 15) is 9.18 Å². The molecule has 2 rings (SSSR count). The van der Waals surface area contributed by atoms with Gasteiger partial charge in [0.05, 0.1) is 16.9 Å². The number of nitrogens with one attached hydrogen (secondary N) is 1. The van der Waals surface area contributed by atoms with Crippen molar-refractivity contribution in [1.29, 1.82) is 0 Å². The molecule has 3 N–H and O–H groups in total. The number of nitrogens with two attached hydrogens (primary N) is 1. The molecule has 0 saturated carbocycles. The van der Waals surface area contributed by atoms with Crippen LogP contribution in [0.5, 0.6) is 0 Å². The van der Waals surface area contributed by atoms with Crippen LogP contribution < -0.4 is 11.1 Å². The van der Waals surface area contributed by atoms with Gasteiger partial charge in [-0.1, -0.05) is 12.1 Å². The number of hydrogen-bond donors (Lipinski definition) is 2. The zero-order chi connectivity index (χ0) is 15.2. The van der Waals surface area contributed by atoms with Gasteiger partial charge in [-0.25, -0.2) is 4.39 Å². The molecule has 20 heavy (non-hydrogen) atoms. The molecule has 1 aromatic carbocycles. The predicted octanol–water partition coefficient (Wildman–Crippen LogP) is 2.44. The van der Waals surface area contributed by atoms with Crippen LogP contribution in [-0.4, -0.2) is 22.6 Å². The first kappa shape index (κ1) is 14.8. The van der Waals surface area contributed by atoms with E-state index in [0.717, 1.165) is 0 Å². The Morgan fingerprint density at radius 3 is 2.35 bits per heavy atom. The maximum absolute atomic E-state index is 13.9. The summed E-state index contributed by atoms with van der Waals surface area (Å²) in [4.78, 5) is 12.1. The topological polar surface area (TPSA) is 64.3 Å². The lowest BCUT2D eigenvalue weighted by Crippen LogP contribution is -2.61. The quantitative estimate of drug-likeness (QED) is 0.893. The molecular formula is C15H21FN2O2. The summed E-state index contributed by atoms with van der Waals surface area (Å²) in [6.07, 6.45) is 0.372. The van der Waals surface area contributed by atoms with Gasteiger partial charge in [0.25, 0.3) is 0 Å². The Balaban J connectivity index is 2.47.